The van der Waals surface area contributed by atoms with Crippen LogP contribution in [0, 0.1) is 0 Å². The Labute approximate surface area is 116 Å². The van der Waals surface area contributed by atoms with Crippen molar-refractivity contribution in [3.05, 3.63) is 56.7 Å². The Morgan fingerprint density at radius 2 is 2.00 bits per heavy atom. The highest BCUT2D eigenvalue weighted by Gasteiger charge is 2.30. The normalized spacial score (nSPS) is 11.6. The Morgan fingerprint density at radius 3 is 2.58 bits per heavy atom. The van der Waals surface area contributed by atoms with Crippen molar-refractivity contribution < 1.29 is 18.0 Å². The van der Waals surface area contributed by atoms with Gasteiger partial charge in [0.2, 0.25) is 0 Å². The third kappa shape index (κ3) is 3.36. The second-order valence-electron chi connectivity index (χ2n) is 3.90. The predicted octanol–water partition coefficient (Wildman–Crippen LogP) is 4.85. The molecule has 1 nitrogen and oxygen atoms in total. The fourth-order valence-corrected chi connectivity index (χ4v) is 2.72. The van der Waals surface area contributed by atoms with Gasteiger partial charge in [0.1, 0.15) is 0 Å². The van der Waals surface area contributed by atoms with Crippen LogP contribution in [-0.4, -0.2) is 5.78 Å². The number of carbonyl (C=O) groups is 1. The van der Waals surface area contributed by atoms with Crippen LogP contribution in [0.5, 0.6) is 0 Å². The Hall–Kier alpha value is -1.33. The summed E-state index contributed by atoms with van der Waals surface area (Å²) in [5.41, 5.74) is -0.431. The van der Waals surface area contributed by atoms with Gasteiger partial charge in [0.15, 0.2) is 5.78 Å². The highest BCUT2D eigenvalue weighted by Crippen LogP contribution is 2.30. The van der Waals surface area contributed by atoms with Gasteiger partial charge in [-0.05, 0) is 23.1 Å². The number of benzene rings is 1. The fraction of sp³-hybridized carbons (Fsp3) is 0.154. The average Bonchev–Trinajstić information content (AvgIpc) is 2.75. The van der Waals surface area contributed by atoms with Crippen LogP contribution >= 0.6 is 22.9 Å². The first-order valence-corrected chi connectivity index (χ1v) is 6.56. The number of carbonyl (C=O) groups excluding carboxylic acids is 1. The van der Waals surface area contributed by atoms with Gasteiger partial charge in [-0.2, -0.15) is 13.2 Å². The van der Waals surface area contributed by atoms with Crippen molar-refractivity contribution in [2.45, 2.75) is 12.6 Å². The van der Waals surface area contributed by atoms with E-state index in [0.717, 1.165) is 12.1 Å². The van der Waals surface area contributed by atoms with Crippen molar-refractivity contribution in [2.75, 3.05) is 0 Å². The zero-order valence-corrected chi connectivity index (χ0v) is 11.1. The first-order valence-electron chi connectivity index (χ1n) is 5.30. The molecule has 100 valence electrons. The third-order valence-electron chi connectivity index (χ3n) is 2.49. The van der Waals surface area contributed by atoms with Gasteiger partial charge < -0.3 is 0 Å². The van der Waals surface area contributed by atoms with E-state index in [1.54, 1.807) is 11.4 Å². The molecule has 1 heterocycles. The minimum Gasteiger partial charge on any atom is -0.293 e. The van der Waals surface area contributed by atoms with Crippen LogP contribution < -0.4 is 0 Å². The number of hydrogen-bond donors (Lipinski definition) is 0. The van der Waals surface area contributed by atoms with E-state index >= 15 is 0 Å². The summed E-state index contributed by atoms with van der Waals surface area (Å²) in [6, 6.07) is 6.34. The van der Waals surface area contributed by atoms with E-state index in [9.17, 15) is 18.0 Å². The number of rotatable bonds is 3. The lowest BCUT2D eigenvalue weighted by Crippen LogP contribution is -2.07. The molecule has 0 amide bonds. The molecule has 0 fully saturated rings. The van der Waals surface area contributed by atoms with E-state index in [1.807, 2.05) is 0 Å². The largest absolute Gasteiger partial charge is 0.416 e. The van der Waals surface area contributed by atoms with Crippen LogP contribution in [0.25, 0.3) is 0 Å². The van der Waals surface area contributed by atoms with Crippen molar-refractivity contribution in [2.24, 2.45) is 0 Å². The molecule has 0 saturated carbocycles. The van der Waals surface area contributed by atoms with Gasteiger partial charge in [-0.15, -0.1) is 11.3 Å². The monoisotopic (exact) mass is 304 g/mol. The fourth-order valence-electron chi connectivity index (χ4n) is 1.62. The molecule has 0 saturated heterocycles. The average molecular weight is 305 g/mol. The van der Waals surface area contributed by atoms with Gasteiger partial charge in [0.25, 0.3) is 0 Å². The Morgan fingerprint density at radius 1 is 1.26 bits per heavy atom. The summed E-state index contributed by atoms with van der Waals surface area (Å²) in [7, 11) is 0. The second-order valence-corrected chi connectivity index (χ2v) is 5.22. The Balaban J connectivity index is 2.21. The maximum Gasteiger partial charge on any atom is 0.416 e. The SMILES string of the molecule is O=C(Cc1cccc(C(F)(F)F)c1)c1sccc1Cl. The molecule has 0 aliphatic rings. The maximum atomic E-state index is 12.5. The lowest BCUT2D eigenvalue weighted by Gasteiger charge is -2.08. The van der Waals surface area contributed by atoms with E-state index < -0.39 is 11.7 Å². The summed E-state index contributed by atoms with van der Waals surface area (Å²) < 4.78 is 37.6. The van der Waals surface area contributed by atoms with E-state index in [1.165, 1.54) is 23.5 Å². The summed E-state index contributed by atoms with van der Waals surface area (Å²) in [4.78, 5) is 12.3. The Kier molecular flexibility index (Phi) is 3.96. The number of alkyl halides is 3. The molecule has 0 N–H and O–H groups in total. The molecule has 0 spiro atoms. The van der Waals surface area contributed by atoms with E-state index in [2.05, 4.69) is 0 Å². The lowest BCUT2D eigenvalue weighted by molar-refractivity contribution is -0.137. The van der Waals surface area contributed by atoms with Gasteiger partial charge in [-0.1, -0.05) is 29.8 Å². The zero-order chi connectivity index (χ0) is 14.0. The number of ketones is 1. The first-order chi connectivity index (χ1) is 8.88. The predicted molar refractivity (Wildman–Crippen MR) is 68.8 cm³/mol. The molecule has 0 radical (unpaired) electrons. The van der Waals surface area contributed by atoms with Crippen LogP contribution in [0.2, 0.25) is 5.02 Å². The molecule has 1 aromatic heterocycles. The maximum absolute atomic E-state index is 12.5. The van der Waals surface area contributed by atoms with Gasteiger partial charge in [0.05, 0.1) is 15.5 Å². The summed E-state index contributed by atoms with van der Waals surface area (Å²) >= 11 is 7.00. The van der Waals surface area contributed by atoms with Gasteiger partial charge >= 0.3 is 6.18 Å². The molecule has 1 aromatic carbocycles. The van der Waals surface area contributed by atoms with Crippen LogP contribution in [0.15, 0.2) is 35.7 Å². The number of Topliss-reactive ketones (excluding diaryl/α,β-unsaturated/α-hetero) is 1. The first kappa shape index (κ1) is 14.1. The minimum atomic E-state index is -4.40. The highest BCUT2D eigenvalue weighted by molar-refractivity contribution is 7.12. The highest BCUT2D eigenvalue weighted by atomic mass is 35.5. The lowest BCUT2D eigenvalue weighted by atomic mass is 10.0. The number of hydrogen-bond acceptors (Lipinski definition) is 2. The minimum absolute atomic E-state index is 0.0931. The van der Waals surface area contributed by atoms with Crippen molar-refractivity contribution in [3.63, 3.8) is 0 Å². The molecule has 2 rings (SSSR count). The molecule has 2 aromatic rings. The molecule has 19 heavy (non-hydrogen) atoms. The summed E-state index contributed by atoms with van der Waals surface area (Å²) in [5.74, 6) is -0.278. The summed E-state index contributed by atoms with van der Waals surface area (Å²) in [6.07, 6.45) is -4.50. The number of halogens is 4. The molecule has 0 unspecified atom stereocenters. The number of thiophene rings is 1. The Bertz CT molecular complexity index is 604. The van der Waals surface area contributed by atoms with Crippen molar-refractivity contribution in [3.8, 4) is 0 Å². The van der Waals surface area contributed by atoms with Crippen molar-refractivity contribution >= 4 is 28.7 Å². The molecule has 0 aliphatic carbocycles. The summed E-state index contributed by atoms with van der Waals surface area (Å²) in [6.45, 7) is 0. The van der Waals surface area contributed by atoms with Crippen LogP contribution in [0.1, 0.15) is 20.8 Å². The van der Waals surface area contributed by atoms with E-state index in [0.29, 0.717) is 15.5 Å². The molecular weight excluding hydrogens is 297 g/mol. The topological polar surface area (TPSA) is 17.1 Å². The smallest absolute Gasteiger partial charge is 0.293 e. The van der Waals surface area contributed by atoms with Crippen molar-refractivity contribution in [1.29, 1.82) is 0 Å². The van der Waals surface area contributed by atoms with Crippen LogP contribution in [-0.2, 0) is 12.6 Å². The van der Waals surface area contributed by atoms with Crippen molar-refractivity contribution in [1.82, 2.24) is 0 Å². The van der Waals surface area contributed by atoms with E-state index in [-0.39, 0.29) is 12.2 Å². The molecule has 0 bridgehead atoms. The quantitative estimate of drug-likeness (QED) is 0.741. The molecule has 6 heteroatoms. The van der Waals surface area contributed by atoms with Crippen LogP contribution in [0.4, 0.5) is 13.2 Å². The van der Waals surface area contributed by atoms with Gasteiger partial charge in [0, 0.05) is 6.42 Å². The van der Waals surface area contributed by atoms with Gasteiger partial charge in [-0.3, -0.25) is 4.79 Å². The van der Waals surface area contributed by atoms with Crippen LogP contribution in [0.3, 0.4) is 0 Å². The summed E-state index contributed by atoms with van der Waals surface area (Å²) in [5, 5.41) is 2.00. The standard InChI is InChI=1S/C13H8ClF3OS/c14-10-4-5-19-12(10)11(18)7-8-2-1-3-9(6-8)13(15,16)17/h1-6H,7H2. The zero-order valence-electron chi connectivity index (χ0n) is 9.50. The molecule has 0 atom stereocenters. The third-order valence-corrected chi connectivity index (χ3v) is 3.87. The molecule has 0 aliphatic heterocycles. The second kappa shape index (κ2) is 5.35. The van der Waals surface area contributed by atoms with Gasteiger partial charge in [-0.25, -0.2) is 0 Å². The van der Waals surface area contributed by atoms with E-state index in [4.69, 9.17) is 11.6 Å². The molecular formula is C13H8ClF3OS.